The Labute approximate surface area is 209 Å². The smallest absolute Gasteiger partial charge is 0.479 e. The normalized spacial score (nSPS) is 16.5. The molecule has 0 bridgehead atoms. The van der Waals surface area contributed by atoms with Gasteiger partial charge in [0.15, 0.2) is 18.1 Å². The Kier molecular flexibility index (Phi) is 6.93. The monoisotopic (exact) mass is 486 g/mol. The fourth-order valence-electron chi connectivity index (χ4n) is 4.64. The van der Waals surface area contributed by atoms with Gasteiger partial charge in [-0.05, 0) is 40.6 Å². The number of amides is 1. The first-order chi connectivity index (χ1) is 17.2. The summed E-state index contributed by atoms with van der Waals surface area (Å²) in [5.74, 6) is 1.89. The highest BCUT2D eigenvalue weighted by atomic mass is 32.2. The molecule has 6 heteroatoms. The minimum absolute atomic E-state index is 0.189. The topological polar surface area (TPSA) is 55.8 Å². The maximum atomic E-state index is 13.0. The molecular formula is C29H28NO4S+. The van der Waals surface area contributed by atoms with Gasteiger partial charge >= 0.3 is 6.09 Å². The maximum Gasteiger partial charge on any atom is 0.516 e. The van der Waals surface area contributed by atoms with Crippen molar-refractivity contribution in [3.05, 3.63) is 103 Å². The minimum Gasteiger partial charge on any atom is -0.479 e. The van der Waals surface area contributed by atoms with E-state index in [0.717, 1.165) is 21.2 Å². The van der Waals surface area contributed by atoms with Gasteiger partial charge < -0.3 is 14.6 Å². The number of hydrogen-bond acceptors (Lipinski definition) is 4. The second-order valence-corrected chi connectivity index (χ2v) is 9.81. The maximum absolute atomic E-state index is 13.0. The van der Waals surface area contributed by atoms with E-state index in [1.54, 1.807) is 11.8 Å². The average Bonchev–Trinajstić information content (AvgIpc) is 2.91. The number of carboxylic acid groups (broad SMARTS) is 1. The van der Waals surface area contributed by atoms with Gasteiger partial charge in [-0.3, -0.25) is 0 Å². The Morgan fingerprint density at radius 3 is 2.40 bits per heavy atom. The summed E-state index contributed by atoms with van der Waals surface area (Å²) < 4.78 is 12.0. The van der Waals surface area contributed by atoms with Crippen molar-refractivity contribution in [2.75, 3.05) is 25.4 Å². The third kappa shape index (κ3) is 4.99. The number of ether oxygens (including phenoxy) is 2. The summed E-state index contributed by atoms with van der Waals surface area (Å²) in [4.78, 5) is 14.1. The Morgan fingerprint density at radius 2 is 1.57 bits per heavy atom. The molecule has 1 amide bonds. The molecule has 5 rings (SSSR count). The van der Waals surface area contributed by atoms with Crippen LogP contribution in [0.2, 0.25) is 0 Å². The first-order valence-electron chi connectivity index (χ1n) is 11.8. The number of thioether (sulfide) groups is 1. The van der Waals surface area contributed by atoms with Crippen molar-refractivity contribution < 1.29 is 23.9 Å². The lowest BCUT2D eigenvalue weighted by atomic mass is 10.0. The second kappa shape index (κ2) is 10.4. The van der Waals surface area contributed by atoms with Crippen LogP contribution in [0.5, 0.6) is 11.5 Å². The van der Waals surface area contributed by atoms with Crippen LogP contribution in [-0.4, -0.2) is 47.4 Å². The molecular weight excluding hydrogens is 458 g/mol. The average molecular weight is 487 g/mol. The van der Waals surface area contributed by atoms with Crippen LogP contribution >= 0.6 is 11.8 Å². The summed E-state index contributed by atoms with van der Waals surface area (Å²) >= 11 is 1.66. The van der Waals surface area contributed by atoms with Gasteiger partial charge in [-0.15, -0.1) is 11.8 Å². The third-order valence-corrected chi connectivity index (χ3v) is 7.58. The van der Waals surface area contributed by atoms with Gasteiger partial charge in [-0.2, -0.15) is 9.28 Å². The molecule has 178 valence electrons. The van der Waals surface area contributed by atoms with E-state index in [9.17, 15) is 9.90 Å². The van der Waals surface area contributed by atoms with Crippen molar-refractivity contribution in [2.45, 2.75) is 17.5 Å². The van der Waals surface area contributed by atoms with E-state index in [1.807, 2.05) is 72.8 Å². The van der Waals surface area contributed by atoms with E-state index in [0.29, 0.717) is 36.8 Å². The van der Waals surface area contributed by atoms with Crippen LogP contribution in [0.3, 0.4) is 0 Å². The van der Waals surface area contributed by atoms with E-state index < -0.39 is 12.3 Å². The largest absolute Gasteiger partial charge is 0.516 e. The SMILES string of the molecule is O=C(O)[N+](CCSc1ccccc1)(CCc1cccc2ccccc12)[C@H]1COc2ccccc2O1. The summed E-state index contributed by atoms with van der Waals surface area (Å²) in [5.41, 5.74) is 1.14. The molecule has 35 heavy (non-hydrogen) atoms. The summed E-state index contributed by atoms with van der Waals surface area (Å²) in [6.07, 6.45) is -0.925. The van der Waals surface area contributed by atoms with Gasteiger partial charge in [0.2, 0.25) is 0 Å². The van der Waals surface area contributed by atoms with Crippen LogP contribution < -0.4 is 9.47 Å². The predicted molar refractivity (Wildman–Crippen MR) is 139 cm³/mol. The molecule has 5 nitrogen and oxygen atoms in total. The third-order valence-electron chi connectivity index (χ3n) is 6.59. The molecule has 4 aromatic rings. The molecule has 1 N–H and O–H groups in total. The quantitative estimate of drug-likeness (QED) is 0.229. The molecule has 0 fully saturated rings. The fraction of sp³-hybridized carbons (Fsp3) is 0.207. The molecule has 4 aromatic carbocycles. The van der Waals surface area contributed by atoms with Crippen LogP contribution in [0.1, 0.15) is 5.56 Å². The van der Waals surface area contributed by atoms with E-state index >= 15 is 0 Å². The highest BCUT2D eigenvalue weighted by molar-refractivity contribution is 7.99. The number of hydrogen-bond donors (Lipinski definition) is 1. The lowest BCUT2D eigenvalue weighted by molar-refractivity contribution is -0.899. The van der Waals surface area contributed by atoms with Gasteiger partial charge in [-0.25, -0.2) is 0 Å². The molecule has 0 saturated carbocycles. The molecule has 0 aliphatic carbocycles. The molecule has 1 unspecified atom stereocenters. The van der Waals surface area contributed by atoms with Crippen LogP contribution in [0, 0.1) is 0 Å². The van der Waals surface area contributed by atoms with Crippen molar-refractivity contribution in [3.63, 3.8) is 0 Å². The number of para-hydroxylation sites is 2. The van der Waals surface area contributed by atoms with Gasteiger partial charge in [0.1, 0.15) is 6.54 Å². The van der Waals surface area contributed by atoms with Gasteiger partial charge in [0.25, 0.3) is 6.23 Å². The second-order valence-electron chi connectivity index (χ2n) is 8.64. The van der Waals surface area contributed by atoms with Crippen molar-refractivity contribution in [1.29, 1.82) is 0 Å². The zero-order chi connectivity index (χ0) is 24.1. The highest BCUT2D eigenvalue weighted by Gasteiger charge is 2.48. The molecule has 2 atom stereocenters. The Balaban J connectivity index is 1.43. The standard InChI is InChI=1S/C29H27NO4S/c31-29(32)30(19-20-35-24-12-2-1-3-13-24,28-21-33-26-15-6-7-16-27(26)34-28)18-17-23-11-8-10-22-9-4-5-14-25(22)23/h1-16,28H,17-21H2/p+1/t28-,30?/m1/s1. The van der Waals surface area contributed by atoms with Crippen molar-refractivity contribution in [2.24, 2.45) is 0 Å². The Hall–Kier alpha value is -3.48. The van der Waals surface area contributed by atoms with Crippen molar-refractivity contribution in [3.8, 4) is 11.5 Å². The number of benzene rings is 4. The Morgan fingerprint density at radius 1 is 0.857 bits per heavy atom. The van der Waals surface area contributed by atoms with Crippen LogP contribution in [0.15, 0.2) is 102 Å². The van der Waals surface area contributed by atoms with Crippen molar-refractivity contribution >= 4 is 28.6 Å². The number of quaternary nitrogens is 1. The van der Waals surface area contributed by atoms with Crippen molar-refractivity contribution in [1.82, 2.24) is 0 Å². The zero-order valence-corrected chi connectivity index (χ0v) is 20.2. The molecule has 0 saturated heterocycles. The van der Waals surface area contributed by atoms with Gasteiger partial charge in [-0.1, -0.05) is 72.8 Å². The first kappa shape index (κ1) is 23.3. The molecule has 0 aromatic heterocycles. The van der Waals surface area contributed by atoms with E-state index in [-0.39, 0.29) is 11.1 Å². The van der Waals surface area contributed by atoms with Gasteiger partial charge in [0.05, 0.1) is 6.54 Å². The summed E-state index contributed by atoms with van der Waals surface area (Å²) in [7, 11) is 0. The summed E-state index contributed by atoms with van der Waals surface area (Å²) in [6.45, 7) is 1.000. The van der Waals surface area contributed by atoms with E-state index in [2.05, 4.69) is 24.3 Å². The first-order valence-corrected chi connectivity index (χ1v) is 12.8. The van der Waals surface area contributed by atoms with Crippen LogP contribution in [-0.2, 0) is 6.42 Å². The number of fused-ring (bicyclic) bond motifs is 2. The zero-order valence-electron chi connectivity index (χ0n) is 19.4. The van der Waals surface area contributed by atoms with Crippen LogP contribution in [0.25, 0.3) is 10.8 Å². The highest BCUT2D eigenvalue weighted by Crippen LogP contribution is 2.35. The van der Waals surface area contributed by atoms with E-state index in [4.69, 9.17) is 9.47 Å². The molecule has 1 heterocycles. The van der Waals surface area contributed by atoms with E-state index in [1.165, 1.54) is 0 Å². The molecule has 1 aliphatic rings. The Bertz CT molecular complexity index is 1310. The number of nitrogens with zero attached hydrogens (tertiary/aromatic N) is 1. The summed E-state index contributed by atoms with van der Waals surface area (Å²) in [6, 6.07) is 32.0. The number of rotatable bonds is 8. The van der Waals surface area contributed by atoms with Gasteiger partial charge in [0, 0.05) is 17.1 Å². The van der Waals surface area contributed by atoms with Crippen LogP contribution in [0.4, 0.5) is 4.79 Å². The lowest BCUT2D eigenvalue weighted by Crippen LogP contribution is -2.65. The molecule has 0 radical (unpaired) electrons. The molecule has 0 spiro atoms. The number of carbonyl (C=O) groups is 1. The summed E-state index contributed by atoms with van der Waals surface area (Å²) in [5, 5.41) is 13.0. The predicted octanol–water partition coefficient (Wildman–Crippen LogP) is 6.47. The molecule has 1 aliphatic heterocycles. The fourth-order valence-corrected chi connectivity index (χ4v) is 5.64. The lowest BCUT2D eigenvalue weighted by Gasteiger charge is -2.40. The minimum atomic E-state index is -0.896.